The van der Waals surface area contributed by atoms with Crippen molar-refractivity contribution in [3.63, 3.8) is 0 Å². The highest BCUT2D eigenvalue weighted by Gasteiger charge is 2.18. The maximum absolute atomic E-state index is 12.1. The van der Waals surface area contributed by atoms with E-state index in [2.05, 4.69) is 32.8 Å². The molecule has 2 aliphatic heterocycles. The van der Waals surface area contributed by atoms with Crippen molar-refractivity contribution in [3.05, 3.63) is 54.1 Å². The van der Waals surface area contributed by atoms with E-state index in [4.69, 9.17) is 9.47 Å². The maximum atomic E-state index is 12.1. The summed E-state index contributed by atoms with van der Waals surface area (Å²) in [4.78, 5) is 28.9. The lowest BCUT2D eigenvalue weighted by Gasteiger charge is -2.36. The van der Waals surface area contributed by atoms with E-state index in [1.165, 1.54) is 5.69 Å². The zero-order valence-electron chi connectivity index (χ0n) is 17.5. The molecule has 2 heterocycles. The molecule has 0 spiro atoms. The summed E-state index contributed by atoms with van der Waals surface area (Å²) in [5.41, 5.74) is 7.03. The largest absolute Gasteiger partial charge is 0.486 e. The lowest BCUT2D eigenvalue weighted by Crippen LogP contribution is -2.48. The van der Waals surface area contributed by atoms with Crippen LogP contribution in [0.1, 0.15) is 12.0 Å². The molecule has 0 saturated carbocycles. The van der Waals surface area contributed by atoms with Gasteiger partial charge >= 0.3 is 0 Å². The quantitative estimate of drug-likeness (QED) is 0.682. The van der Waals surface area contributed by atoms with Crippen LogP contribution in [0.3, 0.4) is 0 Å². The second-order valence-electron chi connectivity index (χ2n) is 7.67. The van der Waals surface area contributed by atoms with Crippen molar-refractivity contribution in [1.29, 1.82) is 0 Å². The Morgan fingerprint density at radius 1 is 0.839 bits per heavy atom. The fourth-order valence-corrected chi connectivity index (χ4v) is 3.76. The molecule has 2 amide bonds. The number of ether oxygens (including phenoxy) is 2. The fraction of sp³-hybridized carbons (Fsp3) is 0.391. The average molecular weight is 425 g/mol. The average Bonchev–Trinajstić information content (AvgIpc) is 2.82. The van der Waals surface area contributed by atoms with Gasteiger partial charge in [0, 0.05) is 44.8 Å². The number of amides is 2. The third-order valence-corrected chi connectivity index (χ3v) is 5.46. The van der Waals surface area contributed by atoms with Crippen molar-refractivity contribution < 1.29 is 19.1 Å². The number of anilines is 1. The van der Waals surface area contributed by atoms with E-state index >= 15 is 0 Å². The van der Waals surface area contributed by atoms with Gasteiger partial charge in [-0.05, 0) is 29.8 Å². The molecule has 0 atom stereocenters. The third kappa shape index (κ3) is 5.88. The topological polar surface area (TPSA) is 83.1 Å². The first-order chi connectivity index (χ1) is 15.2. The number of hydrogen-bond acceptors (Lipinski definition) is 6. The summed E-state index contributed by atoms with van der Waals surface area (Å²) < 4.78 is 11.0. The third-order valence-electron chi connectivity index (χ3n) is 5.46. The molecule has 164 valence electrons. The lowest BCUT2D eigenvalue weighted by molar-refractivity contribution is -0.128. The van der Waals surface area contributed by atoms with Crippen LogP contribution < -0.4 is 25.2 Å². The van der Waals surface area contributed by atoms with Crippen LogP contribution in [-0.4, -0.2) is 62.7 Å². The van der Waals surface area contributed by atoms with Crippen molar-refractivity contribution in [3.8, 4) is 11.5 Å². The molecule has 0 bridgehead atoms. The molecule has 0 unspecified atom stereocenters. The van der Waals surface area contributed by atoms with Gasteiger partial charge in [0.25, 0.3) is 0 Å². The maximum Gasteiger partial charge on any atom is 0.242 e. The highest BCUT2D eigenvalue weighted by Crippen LogP contribution is 2.30. The van der Waals surface area contributed by atoms with Crippen molar-refractivity contribution in [2.24, 2.45) is 0 Å². The van der Waals surface area contributed by atoms with Crippen LogP contribution >= 0.6 is 0 Å². The first kappa shape index (κ1) is 21.0. The van der Waals surface area contributed by atoms with Crippen LogP contribution in [0, 0.1) is 0 Å². The summed E-state index contributed by atoms with van der Waals surface area (Å²) in [7, 11) is 0. The lowest BCUT2D eigenvalue weighted by atomic mass is 10.1. The monoisotopic (exact) mass is 424 g/mol. The zero-order chi connectivity index (χ0) is 21.5. The summed E-state index contributed by atoms with van der Waals surface area (Å²) >= 11 is 0. The number of hydrogen-bond donors (Lipinski definition) is 2. The van der Waals surface area contributed by atoms with E-state index in [0.717, 1.165) is 31.7 Å². The van der Waals surface area contributed by atoms with Gasteiger partial charge in [0.05, 0.1) is 6.42 Å². The van der Waals surface area contributed by atoms with E-state index < -0.39 is 0 Å². The van der Waals surface area contributed by atoms with Gasteiger partial charge in [-0.25, -0.2) is 0 Å². The molecule has 1 fully saturated rings. The van der Waals surface area contributed by atoms with Crippen molar-refractivity contribution in [1.82, 2.24) is 15.8 Å². The Balaban J connectivity index is 1.13. The van der Waals surface area contributed by atoms with Crippen molar-refractivity contribution >= 4 is 17.5 Å². The molecule has 0 radical (unpaired) electrons. The Labute approximate surface area is 182 Å². The number of benzene rings is 2. The predicted octanol–water partition coefficient (Wildman–Crippen LogP) is 1.36. The molecule has 8 heteroatoms. The fourth-order valence-electron chi connectivity index (χ4n) is 3.76. The normalized spacial score (nSPS) is 15.9. The van der Waals surface area contributed by atoms with Gasteiger partial charge in [-0.2, -0.15) is 0 Å². The number of nitrogens with one attached hydrogen (secondary N) is 2. The molecular weight excluding hydrogens is 396 g/mol. The smallest absolute Gasteiger partial charge is 0.242 e. The van der Waals surface area contributed by atoms with Gasteiger partial charge in [0.15, 0.2) is 11.5 Å². The highest BCUT2D eigenvalue weighted by molar-refractivity contribution is 5.83. The van der Waals surface area contributed by atoms with Gasteiger partial charge in [0.2, 0.25) is 11.8 Å². The van der Waals surface area contributed by atoms with Crippen molar-refractivity contribution in [2.45, 2.75) is 12.8 Å². The van der Waals surface area contributed by atoms with Crippen LogP contribution in [0.2, 0.25) is 0 Å². The Hall–Kier alpha value is -3.26. The number of rotatable bonds is 6. The van der Waals surface area contributed by atoms with Gasteiger partial charge in [-0.1, -0.05) is 24.3 Å². The second-order valence-corrected chi connectivity index (χ2v) is 7.67. The van der Waals surface area contributed by atoms with Crippen LogP contribution in [0.5, 0.6) is 11.5 Å². The molecule has 31 heavy (non-hydrogen) atoms. The minimum Gasteiger partial charge on any atom is -0.486 e. The molecule has 8 nitrogen and oxygen atoms in total. The van der Waals surface area contributed by atoms with E-state index in [-0.39, 0.29) is 18.2 Å². The minimum atomic E-state index is -0.276. The molecule has 2 aromatic rings. The number of carbonyl (C=O) groups is 2. The highest BCUT2D eigenvalue weighted by atomic mass is 16.6. The number of nitrogens with zero attached hydrogens (tertiary/aromatic N) is 2. The SMILES string of the molecule is O=C(CCN1CCN(c2ccccc2)CC1)NNC(=O)Cc1ccc2c(c1)OCCO2. The molecular formula is C23H28N4O4. The van der Waals surface area contributed by atoms with Crippen LogP contribution in [0.25, 0.3) is 0 Å². The summed E-state index contributed by atoms with van der Waals surface area (Å²) in [6.07, 6.45) is 0.494. The predicted molar refractivity (Wildman–Crippen MR) is 117 cm³/mol. The molecule has 1 saturated heterocycles. The van der Waals surface area contributed by atoms with Crippen LogP contribution in [0.15, 0.2) is 48.5 Å². The van der Waals surface area contributed by atoms with E-state index in [1.54, 1.807) is 12.1 Å². The Morgan fingerprint density at radius 3 is 2.32 bits per heavy atom. The first-order valence-electron chi connectivity index (χ1n) is 10.7. The Morgan fingerprint density at radius 2 is 1.55 bits per heavy atom. The Bertz CT molecular complexity index is 898. The molecule has 2 aliphatic rings. The van der Waals surface area contributed by atoms with E-state index in [0.29, 0.717) is 37.7 Å². The number of para-hydroxylation sites is 1. The number of piperazine rings is 1. The molecule has 4 rings (SSSR count). The molecule has 0 aromatic heterocycles. The van der Waals surface area contributed by atoms with Gasteiger partial charge < -0.3 is 14.4 Å². The molecule has 2 N–H and O–H groups in total. The van der Waals surface area contributed by atoms with Gasteiger partial charge in [0.1, 0.15) is 13.2 Å². The summed E-state index contributed by atoms with van der Waals surface area (Å²) in [6.45, 7) is 5.42. The van der Waals surface area contributed by atoms with Crippen molar-refractivity contribution in [2.75, 3.05) is 50.8 Å². The van der Waals surface area contributed by atoms with E-state index in [1.807, 2.05) is 24.3 Å². The number of hydrazine groups is 1. The second kappa shape index (κ2) is 10.2. The summed E-state index contributed by atoms with van der Waals surface area (Å²) in [5, 5.41) is 0. The minimum absolute atomic E-state index is 0.151. The van der Waals surface area contributed by atoms with Crippen LogP contribution in [-0.2, 0) is 16.0 Å². The summed E-state index contributed by atoms with van der Waals surface area (Å²) in [5.74, 6) is 0.865. The Kier molecular flexibility index (Phi) is 6.89. The number of fused-ring (bicyclic) bond motifs is 1. The first-order valence-corrected chi connectivity index (χ1v) is 10.7. The standard InChI is InChI=1S/C23H28N4O4/c28-22(8-9-26-10-12-27(13-11-26)19-4-2-1-3-5-19)24-25-23(29)17-18-6-7-20-21(16-18)31-15-14-30-20/h1-7,16H,8-15,17H2,(H,24,28)(H,25,29). The molecule has 2 aromatic carbocycles. The summed E-state index contributed by atoms with van der Waals surface area (Å²) in [6, 6.07) is 15.8. The van der Waals surface area contributed by atoms with Gasteiger partial charge in [-0.3, -0.25) is 25.3 Å². The number of carbonyl (C=O) groups excluding carboxylic acids is 2. The van der Waals surface area contributed by atoms with Gasteiger partial charge in [-0.15, -0.1) is 0 Å². The van der Waals surface area contributed by atoms with Crippen LogP contribution in [0.4, 0.5) is 5.69 Å². The zero-order valence-corrected chi connectivity index (χ0v) is 17.5. The van der Waals surface area contributed by atoms with E-state index in [9.17, 15) is 9.59 Å². The molecule has 0 aliphatic carbocycles.